The molecule has 0 aromatic heterocycles. The predicted octanol–water partition coefficient (Wildman–Crippen LogP) is 1.62. The summed E-state index contributed by atoms with van der Waals surface area (Å²) in [7, 11) is 1.53. The summed E-state index contributed by atoms with van der Waals surface area (Å²) in [4.78, 5) is 11.6. The van der Waals surface area contributed by atoms with E-state index in [4.69, 9.17) is 10.5 Å². The van der Waals surface area contributed by atoms with E-state index in [9.17, 15) is 9.18 Å². The number of hydrogen-bond acceptors (Lipinski definition) is 3. The summed E-state index contributed by atoms with van der Waals surface area (Å²) < 4.78 is 18.3. The number of hydrogen-bond donors (Lipinski definition) is 2. The SMILES string of the molecule is COc1ccc(F)cc1CCNC(=O)CC(C)(C)N. The highest BCUT2D eigenvalue weighted by Crippen LogP contribution is 2.19. The molecule has 5 heteroatoms. The lowest BCUT2D eigenvalue weighted by molar-refractivity contribution is -0.121. The molecule has 4 nitrogen and oxygen atoms in total. The van der Waals surface area contributed by atoms with Gasteiger partial charge in [-0.3, -0.25) is 4.79 Å². The summed E-state index contributed by atoms with van der Waals surface area (Å²) in [5.74, 6) is 0.197. The first-order valence-electron chi connectivity index (χ1n) is 6.20. The molecule has 0 unspecified atom stereocenters. The first-order valence-corrected chi connectivity index (χ1v) is 6.20. The van der Waals surface area contributed by atoms with Gasteiger partial charge < -0.3 is 15.8 Å². The number of nitrogens with one attached hydrogen (secondary N) is 1. The minimum absolute atomic E-state index is 0.108. The van der Waals surface area contributed by atoms with Crippen molar-refractivity contribution < 1.29 is 13.9 Å². The molecule has 0 aliphatic heterocycles. The molecule has 0 atom stereocenters. The molecule has 1 aromatic rings. The molecule has 106 valence electrons. The van der Waals surface area contributed by atoms with Gasteiger partial charge in [0, 0.05) is 18.5 Å². The fourth-order valence-corrected chi connectivity index (χ4v) is 1.76. The number of halogens is 1. The average Bonchev–Trinajstić information content (AvgIpc) is 2.27. The number of carbonyl (C=O) groups is 1. The third kappa shape index (κ3) is 5.70. The summed E-state index contributed by atoms with van der Waals surface area (Å²) in [6.45, 7) is 4.01. The van der Waals surface area contributed by atoms with E-state index in [1.165, 1.54) is 19.2 Å². The van der Waals surface area contributed by atoms with Crippen LogP contribution in [-0.4, -0.2) is 25.1 Å². The van der Waals surface area contributed by atoms with Gasteiger partial charge in [0.15, 0.2) is 0 Å². The van der Waals surface area contributed by atoms with E-state index >= 15 is 0 Å². The van der Waals surface area contributed by atoms with Crippen LogP contribution >= 0.6 is 0 Å². The monoisotopic (exact) mass is 268 g/mol. The highest BCUT2D eigenvalue weighted by atomic mass is 19.1. The average molecular weight is 268 g/mol. The van der Waals surface area contributed by atoms with Crippen molar-refractivity contribution in [1.29, 1.82) is 0 Å². The van der Waals surface area contributed by atoms with Crippen LogP contribution in [0.15, 0.2) is 18.2 Å². The summed E-state index contributed by atoms with van der Waals surface area (Å²) in [6, 6.07) is 4.34. The van der Waals surface area contributed by atoms with E-state index in [-0.39, 0.29) is 18.1 Å². The maximum absolute atomic E-state index is 13.1. The number of ether oxygens (including phenoxy) is 1. The Morgan fingerprint density at radius 2 is 2.16 bits per heavy atom. The summed E-state index contributed by atoms with van der Waals surface area (Å²) in [6.07, 6.45) is 0.769. The van der Waals surface area contributed by atoms with Gasteiger partial charge in [-0.05, 0) is 44.0 Å². The molecule has 0 saturated carbocycles. The molecular weight excluding hydrogens is 247 g/mol. The normalized spacial score (nSPS) is 11.2. The van der Waals surface area contributed by atoms with Gasteiger partial charge in [-0.1, -0.05) is 0 Å². The van der Waals surface area contributed by atoms with Crippen LogP contribution in [0.1, 0.15) is 25.8 Å². The maximum Gasteiger partial charge on any atom is 0.221 e. The van der Waals surface area contributed by atoms with E-state index in [1.807, 2.05) is 0 Å². The number of benzene rings is 1. The molecule has 1 amide bonds. The smallest absolute Gasteiger partial charge is 0.221 e. The van der Waals surface area contributed by atoms with Crippen LogP contribution in [0.3, 0.4) is 0 Å². The molecule has 0 aliphatic rings. The van der Waals surface area contributed by atoms with Crippen LogP contribution in [0.4, 0.5) is 4.39 Å². The molecule has 0 radical (unpaired) electrons. The van der Waals surface area contributed by atoms with E-state index in [2.05, 4.69) is 5.32 Å². The standard InChI is InChI=1S/C14H21FN2O2/c1-14(2,16)9-13(18)17-7-6-10-8-11(15)4-5-12(10)19-3/h4-5,8H,6-7,9,16H2,1-3H3,(H,17,18). The molecule has 0 fully saturated rings. The third-order valence-electron chi connectivity index (χ3n) is 2.58. The number of nitrogens with two attached hydrogens (primary N) is 1. The number of rotatable bonds is 6. The molecule has 1 rings (SSSR count). The lowest BCUT2D eigenvalue weighted by Crippen LogP contribution is -2.39. The lowest BCUT2D eigenvalue weighted by atomic mass is 10.0. The highest BCUT2D eigenvalue weighted by molar-refractivity contribution is 5.77. The van der Waals surface area contributed by atoms with E-state index in [0.717, 1.165) is 5.56 Å². The van der Waals surface area contributed by atoms with Crippen LogP contribution in [0.2, 0.25) is 0 Å². The quantitative estimate of drug-likeness (QED) is 0.824. The number of amides is 1. The van der Waals surface area contributed by atoms with Crippen molar-refractivity contribution >= 4 is 5.91 Å². The van der Waals surface area contributed by atoms with Crippen molar-refractivity contribution in [1.82, 2.24) is 5.32 Å². The molecule has 0 spiro atoms. The Kier molecular flexibility index (Phi) is 5.30. The Morgan fingerprint density at radius 3 is 2.74 bits per heavy atom. The Bertz CT molecular complexity index is 442. The summed E-state index contributed by atoms with van der Waals surface area (Å²) in [5, 5.41) is 2.76. The van der Waals surface area contributed by atoms with Gasteiger partial charge in [-0.25, -0.2) is 4.39 Å². The summed E-state index contributed by atoms with van der Waals surface area (Å²) >= 11 is 0. The Hall–Kier alpha value is -1.62. The molecule has 0 bridgehead atoms. The van der Waals surface area contributed by atoms with Gasteiger partial charge in [0.2, 0.25) is 5.91 Å². The molecule has 0 saturated heterocycles. The fraction of sp³-hybridized carbons (Fsp3) is 0.500. The minimum atomic E-state index is -0.527. The van der Waals surface area contributed by atoms with Crippen LogP contribution < -0.4 is 15.8 Å². The second-order valence-corrected chi connectivity index (χ2v) is 5.22. The van der Waals surface area contributed by atoms with Gasteiger partial charge in [0.05, 0.1) is 7.11 Å². The van der Waals surface area contributed by atoms with Crippen LogP contribution in [0.25, 0.3) is 0 Å². The molecule has 19 heavy (non-hydrogen) atoms. The first kappa shape index (κ1) is 15.4. The molecular formula is C14H21FN2O2. The number of carbonyl (C=O) groups excluding carboxylic acids is 1. The van der Waals surface area contributed by atoms with Gasteiger partial charge in [-0.15, -0.1) is 0 Å². The van der Waals surface area contributed by atoms with E-state index in [1.54, 1.807) is 19.9 Å². The van der Waals surface area contributed by atoms with Crippen molar-refractivity contribution in [3.63, 3.8) is 0 Å². The lowest BCUT2D eigenvalue weighted by Gasteiger charge is -2.17. The zero-order chi connectivity index (χ0) is 14.5. The zero-order valence-electron chi connectivity index (χ0n) is 11.6. The van der Waals surface area contributed by atoms with Crippen molar-refractivity contribution in [2.24, 2.45) is 5.73 Å². The zero-order valence-corrected chi connectivity index (χ0v) is 11.6. The van der Waals surface area contributed by atoms with Gasteiger partial charge in [-0.2, -0.15) is 0 Å². The maximum atomic E-state index is 13.1. The number of methoxy groups -OCH3 is 1. The third-order valence-corrected chi connectivity index (χ3v) is 2.58. The van der Waals surface area contributed by atoms with Crippen molar-refractivity contribution in [3.05, 3.63) is 29.6 Å². The predicted molar refractivity (Wildman–Crippen MR) is 72.5 cm³/mol. The van der Waals surface area contributed by atoms with Crippen molar-refractivity contribution in [2.75, 3.05) is 13.7 Å². The van der Waals surface area contributed by atoms with Crippen molar-refractivity contribution in [3.8, 4) is 5.75 Å². The van der Waals surface area contributed by atoms with Crippen molar-refractivity contribution in [2.45, 2.75) is 32.2 Å². The first-order chi connectivity index (χ1) is 8.81. The van der Waals surface area contributed by atoms with E-state index < -0.39 is 5.54 Å². The molecule has 0 heterocycles. The minimum Gasteiger partial charge on any atom is -0.496 e. The summed E-state index contributed by atoms with van der Waals surface area (Å²) in [5.41, 5.74) is 5.96. The van der Waals surface area contributed by atoms with Gasteiger partial charge in [0.25, 0.3) is 0 Å². The largest absolute Gasteiger partial charge is 0.496 e. The Labute approximate surface area is 113 Å². The highest BCUT2D eigenvalue weighted by Gasteiger charge is 2.15. The second kappa shape index (κ2) is 6.52. The second-order valence-electron chi connectivity index (χ2n) is 5.22. The molecule has 3 N–H and O–H groups in total. The van der Waals surface area contributed by atoms with Gasteiger partial charge >= 0.3 is 0 Å². The topological polar surface area (TPSA) is 64.3 Å². The molecule has 0 aliphatic carbocycles. The fourth-order valence-electron chi connectivity index (χ4n) is 1.76. The Morgan fingerprint density at radius 1 is 1.47 bits per heavy atom. The van der Waals surface area contributed by atoms with E-state index in [0.29, 0.717) is 18.7 Å². The van der Waals surface area contributed by atoms with Crippen LogP contribution in [0.5, 0.6) is 5.75 Å². The molecule has 1 aromatic carbocycles. The van der Waals surface area contributed by atoms with Crippen LogP contribution in [0, 0.1) is 5.82 Å². The van der Waals surface area contributed by atoms with Gasteiger partial charge in [0.1, 0.15) is 11.6 Å². The Balaban J connectivity index is 2.49. The van der Waals surface area contributed by atoms with Crippen LogP contribution in [-0.2, 0) is 11.2 Å².